The van der Waals surface area contributed by atoms with Gasteiger partial charge in [-0.3, -0.25) is 9.78 Å². The first-order valence-corrected chi connectivity index (χ1v) is 6.86. The van der Waals surface area contributed by atoms with Crippen LogP contribution in [0.4, 0.5) is 0 Å². The number of nitrogens with zero attached hydrogens (tertiary/aromatic N) is 3. The van der Waals surface area contributed by atoms with Crippen LogP contribution in [0.25, 0.3) is 11.0 Å². The quantitative estimate of drug-likeness (QED) is 0.648. The highest BCUT2D eigenvalue weighted by molar-refractivity contribution is 6.16. The fraction of sp³-hybridized carbons (Fsp3) is 0.462. The number of pyridine rings is 1. The summed E-state index contributed by atoms with van der Waals surface area (Å²) < 4.78 is 6.75. The Hall–Kier alpha value is -1.66. The van der Waals surface area contributed by atoms with E-state index in [0.717, 1.165) is 11.0 Å². The number of hydrogen-bond acceptors (Lipinski definition) is 4. The second-order valence-electron chi connectivity index (χ2n) is 4.36. The molecule has 7 heteroatoms. The van der Waals surface area contributed by atoms with Crippen LogP contribution in [0.2, 0.25) is 0 Å². The Bertz CT molecular complexity index is 599. The van der Waals surface area contributed by atoms with Crippen molar-refractivity contribution in [3.05, 3.63) is 24.3 Å². The molecule has 2 aromatic rings. The SMILES string of the molecule is COCCNC(=O)C(C)n1c(CCl)nc2cnccc21. The molecule has 6 nitrogen and oxygen atoms in total. The molecule has 0 aliphatic carbocycles. The zero-order valence-electron chi connectivity index (χ0n) is 11.5. The molecule has 2 aromatic heterocycles. The Kier molecular flexibility index (Phi) is 4.92. The van der Waals surface area contributed by atoms with Gasteiger partial charge in [0.1, 0.15) is 17.4 Å². The number of alkyl halides is 1. The van der Waals surface area contributed by atoms with E-state index in [1.54, 1.807) is 19.5 Å². The predicted octanol–water partition coefficient (Wildman–Crippen LogP) is 1.49. The molecule has 1 atom stereocenters. The van der Waals surface area contributed by atoms with E-state index < -0.39 is 6.04 Å². The van der Waals surface area contributed by atoms with E-state index in [1.165, 1.54) is 0 Å². The van der Waals surface area contributed by atoms with Crippen LogP contribution in [0.5, 0.6) is 0 Å². The molecule has 0 spiro atoms. The predicted molar refractivity (Wildman–Crippen MR) is 76.7 cm³/mol. The van der Waals surface area contributed by atoms with Gasteiger partial charge >= 0.3 is 0 Å². The summed E-state index contributed by atoms with van der Waals surface area (Å²) in [5.74, 6) is 0.804. The molecule has 1 unspecified atom stereocenters. The Balaban J connectivity index is 2.28. The number of carbonyl (C=O) groups is 1. The summed E-state index contributed by atoms with van der Waals surface area (Å²) in [6, 6.07) is 1.44. The normalized spacial score (nSPS) is 12.6. The Labute approximate surface area is 122 Å². The summed E-state index contributed by atoms with van der Waals surface area (Å²) in [5, 5.41) is 2.82. The van der Waals surface area contributed by atoms with Gasteiger partial charge in [0.2, 0.25) is 5.91 Å². The maximum atomic E-state index is 12.2. The molecule has 0 saturated carbocycles. The minimum absolute atomic E-state index is 0.0930. The minimum atomic E-state index is -0.395. The molecule has 1 amide bonds. The summed E-state index contributed by atoms with van der Waals surface area (Å²) >= 11 is 5.92. The van der Waals surface area contributed by atoms with Crippen LogP contribution in [0.1, 0.15) is 18.8 Å². The number of amides is 1. The molecule has 0 aromatic carbocycles. The summed E-state index contributed by atoms with van der Waals surface area (Å²) in [4.78, 5) is 20.6. The third kappa shape index (κ3) is 2.91. The van der Waals surface area contributed by atoms with E-state index in [4.69, 9.17) is 16.3 Å². The summed E-state index contributed by atoms with van der Waals surface area (Å²) in [6.45, 7) is 2.78. The van der Waals surface area contributed by atoms with Crippen molar-refractivity contribution < 1.29 is 9.53 Å². The highest BCUT2D eigenvalue weighted by Crippen LogP contribution is 2.21. The van der Waals surface area contributed by atoms with Crippen molar-refractivity contribution in [2.45, 2.75) is 18.8 Å². The first-order chi connectivity index (χ1) is 9.69. The molecular weight excluding hydrogens is 280 g/mol. The summed E-state index contributed by atoms with van der Waals surface area (Å²) in [7, 11) is 1.59. The Morgan fingerprint density at radius 2 is 2.40 bits per heavy atom. The lowest BCUT2D eigenvalue weighted by Crippen LogP contribution is -2.33. The van der Waals surface area contributed by atoms with Crippen molar-refractivity contribution in [3.63, 3.8) is 0 Å². The smallest absolute Gasteiger partial charge is 0.242 e. The zero-order chi connectivity index (χ0) is 14.5. The highest BCUT2D eigenvalue weighted by Gasteiger charge is 2.20. The number of rotatable bonds is 6. The van der Waals surface area contributed by atoms with Crippen LogP contribution in [0.15, 0.2) is 18.5 Å². The van der Waals surface area contributed by atoms with Crippen LogP contribution in [-0.4, -0.2) is 40.7 Å². The van der Waals surface area contributed by atoms with Crippen molar-refractivity contribution in [1.82, 2.24) is 19.9 Å². The number of imidazole rings is 1. The number of halogens is 1. The van der Waals surface area contributed by atoms with E-state index in [0.29, 0.717) is 19.0 Å². The van der Waals surface area contributed by atoms with E-state index >= 15 is 0 Å². The van der Waals surface area contributed by atoms with Gasteiger partial charge in [-0.1, -0.05) is 0 Å². The van der Waals surface area contributed by atoms with Crippen molar-refractivity contribution in [2.24, 2.45) is 0 Å². The fourth-order valence-corrected chi connectivity index (χ4v) is 2.26. The molecule has 0 aliphatic rings. The lowest BCUT2D eigenvalue weighted by atomic mass is 10.3. The van der Waals surface area contributed by atoms with Crippen molar-refractivity contribution in [2.75, 3.05) is 20.3 Å². The molecule has 2 heterocycles. The Morgan fingerprint density at radius 1 is 1.60 bits per heavy atom. The maximum Gasteiger partial charge on any atom is 0.242 e. The second-order valence-corrected chi connectivity index (χ2v) is 4.62. The van der Waals surface area contributed by atoms with Gasteiger partial charge in [0.15, 0.2) is 0 Å². The standard InChI is InChI=1S/C13H17ClN4O2/c1-9(13(19)16-5-6-20-2)18-11-3-4-15-8-10(11)17-12(18)7-14/h3-4,8-9H,5-7H2,1-2H3,(H,16,19). The largest absolute Gasteiger partial charge is 0.383 e. The van der Waals surface area contributed by atoms with Crippen LogP contribution in [0, 0.1) is 0 Å². The minimum Gasteiger partial charge on any atom is -0.383 e. The third-order valence-corrected chi connectivity index (χ3v) is 3.30. The van der Waals surface area contributed by atoms with Crippen LogP contribution < -0.4 is 5.32 Å². The number of methoxy groups -OCH3 is 1. The van der Waals surface area contributed by atoms with E-state index in [1.807, 2.05) is 17.6 Å². The fourth-order valence-electron chi connectivity index (χ4n) is 2.07. The van der Waals surface area contributed by atoms with Crippen molar-refractivity contribution in [1.29, 1.82) is 0 Å². The van der Waals surface area contributed by atoms with Crippen molar-refractivity contribution in [3.8, 4) is 0 Å². The van der Waals surface area contributed by atoms with Gasteiger partial charge in [-0.15, -0.1) is 11.6 Å². The first kappa shape index (κ1) is 14.7. The average molecular weight is 297 g/mol. The molecule has 108 valence electrons. The van der Waals surface area contributed by atoms with Gasteiger partial charge in [0, 0.05) is 19.9 Å². The van der Waals surface area contributed by atoms with Gasteiger partial charge in [-0.2, -0.15) is 0 Å². The number of carbonyl (C=O) groups excluding carboxylic acids is 1. The molecule has 20 heavy (non-hydrogen) atoms. The van der Waals surface area contributed by atoms with Gasteiger partial charge in [0.05, 0.1) is 24.2 Å². The van der Waals surface area contributed by atoms with Gasteiger partial charge in [-0.25, -0.2) is 4.98 Å². The van der Waals surface area contributed by atoms with Crippen LogP contribution in [0.3, 0.4) is 0 Å². The van der Waals surface area contributed by atoms with E-state index in [9.17, 15) is 4.79 Å². The number of hydrogen-bond donors (Lipinski definition) is 1. The Morgan fingerprint density at radius 3 is 3.10 bits per heavy atom. The summed E-state index contributed by atoms with van der Waals surface area (Å²) in [6.07, 6.45) is 3.34. The first-order valence-electron chi connectivity index (χ1n) is 6.32. The number of fused-ring (bicyclic) bond motifs is 1. The number of nitrogens with one attached hydrogen (secondary N) is 1. The topological polar surface area (TPSA) is 69.0 Å². The van der Waals surface area contributed by atoms with Crippen LogP contribution in [-0.2, 0) is 15.4 Å². The highest BCUT2D eigenvalue weighted by atomic mass is 35.5. The number of aromatic nitrogens is 3. The van der Waals surface area contributed by atoms with E-state index in [-0.39, 0.29) is 11.8 Å². The number of ether oxygens (including phenoxy) is 1. The van der Waals surface area contributed by atoms with Crippen molar-refractivity contribution >= 4 is 28.5 Å². The molecule has 0 radical (unpaired) electrons. The monoisotopic (exact) mass is 296 g/mol. The maximum absolute atomic E-state index is 12.2. The average Bonchev–Trinajstić information content (AvgIpc) is 2.85. The van der Waals surface area contributed by atoms with Crippen LogP contribution >= 0.6 is 11.6 Å². The lowest BCUT2D eigenvalue weighted by molar-refractivity contribution is -0.124. The van der Waals surface area contributed by atoms with Gasteiger partial charge in [-0.05, 0) is 13.0 Å². The second kappa shape index (κ2) is 6.67. The molecular formula is C13H17ClN4O2. The third-order valence-electron chi connectivity index (χ3n) is 3.06. The molecule has 0 fully saturated rings. The summed E-state index contributed by atoms with van der Waals surface area (Å²) in [5.41, 5.74) is 1.59. The molecule has 0 bridgehead atoms. The van der Waals surface area contributed by atoms with Gasteiger partial charge < -0.3 is 14.6 Å². The molecule has 0 saturated heterocycles. The lowest BCUT2D eigenvalue weighted by Gasteiger charge is -2.16. The zero-order valence-corrected chi connectivity index (χ0v) is 12.2. The van der Waals surface area contributed by atoms with Gasteiger partial charge in [0.25, 0.3) is 0 Å². The van der Waals surface area contributed by atoms with E-state index in [2.05, 4.69) is 15.3 Å². The molecule has 1 N–H and O–H groups in total. The molecule has 0 aliphatic heterocycles. The molecule has 2 rings (SSSR count).